The Balaban J connectivity index is 2.49. The highest BCUT2D eigenvalue weighted by Crippen LogP contribution is 2.31. The minimum absolute atomic E-state index is 0.0320. The average molecular weight is 242 g/mol. The van der Waals surface area contributed by atoms with E-state index in [1.165, 1.54) is 12.1 Å². The quantitative estimate of drug-likeness (QED) is 0.846. The zero-order valence-electron chi connectivity index (χ0n) is 11.3. The first-order chi connectivity index (χ1) is 8.82. The van der Waals surface area contributed by atoms with Crippen molar-refractivity contribution in [3.05, 3.63) is 54.5 Å². The molecule has 2 rings (SSSR count). The maximum Gasteiger partial charge on any atom is 0.0771 e. The van der Waals surface area contributed by atoms with Gasteiger partial charge in [-0.2, -0.15) is 0 Å². The lowest BCUT2D eigenvalue weighted by Crippen LogP contribution is -2.40. The Kier molecular flexibility index (Phi) is 4.08. The molecular formula is C16H22N2. The summed E-state index contributed by atoms with van der Waals surface area (Å²) in [5.41, 5.74) is 1.37. The smallest absolute Gasteiger partial charge is 0.0771 e. The molecule has 0 saturated heterocycles. The number of hydrogen-bond donors (Lipinski definition) is 1. The van der Waals surface area contributed by atoms with Crippen LogP contribution in [0, 0.1) is 0 Å². The van der Waals surface area contributed by atoms with Crippen LogP contribution >= 0.6 is 0 Å². The largest absolute Gasteiger partial charge is 0.380 e. The summed E-state index contributed by atoms with van der Waals surface area (Å²) < 4.78 is 2.22. The van der Waals surface area contributed by atoms with Gasteiger partial charge in [0.2, 0.25) is 0 Å². The van der Waals surface area contributed by atoms with Crippen LogP contribution in [0.4, 0.5) is 0 Å². The van der Waals surface area contributed by atoms with E-state index >= 15 is 0 Å². The van der Waals surface area contributed by atoms with Crippen molar-refractivity contribution >= 4 is 6.20 Å². The minimum Gasteiger partial charge on any atom is -0.380 e. The van der Waals surface area contributed by atoms with Crippen LogP contribution in [0.3, 0.4) is 0 Å². The summed E-state index contributed by atoms with van der Waals surface area (Å²) in [6, 6.07) is 4.34. The van der Waals surface area contributed by atoms with E-state index in [0.717, 1.165) is 12.8 Å². The molecule has 1 N–H and O–H groups in total. The predicted molar refractivity (Wildman–Crippen MR) is 78.1 cm³/mol. The summed E-state index contributed by atoms with van der Waals surface area (Å²) in [5.74, 6) is 0. The van der Waals surface area contributed by atoms with Gasteiger partial charge < -0.3 is 9.88 Å². The molecule has 0 bridgehead atoms. The molecule has 2 nitrogen and oxygen atoms in total. The maximum absolute atomic E-state index is 3.61. The van der Waals surface area contributed by atoms with Crippen molar-refractivity contribution in [1.29, 1.82) is 0 Å². The lowest BCUT2D eigenvalue weighted by Gasteiger charge is -2.34. The van der Waals surface area contributed by atoms with Gasteiger partial charge in [-0.05, 0) is 43.3 Å². The molecule has 0 saturated carbocycles. The van der Waals surface area contributed by atoms with Gasteiger partial charge in [0.15, 0.2) is 0 Å². The van der Waals surface area contributed by atoms with Gasteiger partial charge in [-0.25, -0.2) is 0 Å². The zero-order valence-corrected chi connectivity index (χ0v) is 11.3. The minimum atomic E-state index is 0.0320. The number of nitrogens with zero attached hydrogens (tertiary/aromatic N) is 1. The van der Waals surface area contributed by atoms with Crippen molar-refractivity contribution in [3.63, 3.8) is 0 Å². The number of hydrogen-bond acceptors (Lipinski definition) is 1. The van der Waals surface area contributed by atoms with Gasteiger partial charge in [-0.3, -0.25) is 0 Å². The fourth-order valence-corrected chi connectivity index (χ4v) is 2.62. The van der Waals surface area contributed by atoms with E-state index in [1.54, 1.807) is 0 Å². The molecule has 1 aliphatic heterocycles. The summed E-state index contributed by atoms with van der Waals surface area (Å²) in [5, 5.41) is 3.61. The van der Waals surface area contributed by atoms with Crippen LogP contribution in [0.15, 0.2) is 48.8 Å². The van der Waals surface area contributed by atoms with Crippen LogP contribution in [-0.4, -0.2) is 4.57 Å². The second-order valence-electron chi connectivity index (χ2n) is 4.72. The summed E-state index contributed by atoms with van der Waals surface area (Å²) in [4.78, 5) is 0. The van der Waals surface area contributed by atoms with Gasteiger partial charge in [0.1, 0.15) is 0 Å². The van der Waals surface area contributed by atoms with E-state index in [-0.39, 0.29) is 5.54 Å². The molecule has 2 heterocycles. The first kappa shape index (κ1) is 12.7. The number of aromatic nitrogens is 1. The van der Waals surface area contributed by atoms with Crippen molar-refractivity contribution in [3.8, 4) is 0 Å². The van der Waals surface area contributed by atoms with Crippen molar-refractivity contribution < 1.29 is 0 Å². The monoisotopic (exact) mass is 242 g/mol. The average Bonchev–Trinajstić information content (AvgIpc) is 2.85. The van der Waals surface area contributed by atoms with Gasteiger partial charge in [0.25, 0.3) is 0 Å². The molecule has 18 heavy (non-hydrogen) atoms. The molecule has 1 unspecified atom stereocenters. The SMILES string of the molecule is CCCC1(CC)N/C=C/C=C\C=C\n2cccc21. The van der Waals surface area contributed by atoms with Gasteiger partial charge in [-0.15, -0.1) is 0 Å². The first-order valence-corrected chi connectivity index (χ1v) is 6.77. The maximum atomic E-state index is 3.61. The molecule has 1 aromatic heterocycles. The second kappa shape index (κ2) is 5.76. The van der Waals surface area contributed by atoms with Crippen LogP contribution in [-0.2, 0) is 5.54 Å². The summed E-state index contributed by atoms with van der Waals surface area (Å²) in [7, 11) is 0. The Labute approximate surface area is 110 Å². The second-order valence-corrected chi connectivity index (χ2v) is 4.72. The van der Waals surface area contributed by atoms with Crippen molar-refractivity contribution in [1.82, 2.24) is 9.88 Å². The van der Waals surface area contributed by atoms with E-state index in [9.17, 15) is 0 Å². The lowest BCUT2D eigenvalue weighted by atomic mass is 9.87. The predicted octanol–water partition coefficient (Wildman–Crippen LogP) is 4.04. The fourth-order valence-electron chi connectivity index (χ4n) is 2.62. The Morgan fingerprint density at radius 3 is 2.78 bits per heavy atom. The topological polar surface area (TPSA) is 17.0 Å². The molecule has 0 aliphatic carbocycles. The van der Waals surface area contributed by atoms with Crippen LogP contribution in [0.2, 0.25) is 0 Å². The van der Waals surface area contributed by atoms with Gasteiger partial charge in [-0.1, -0.05) is 32.4 Å². The third-order valence-corrected chi connectivity index (χ3v) is 3.59. The van der Waals surface area contributed by atoms with E-state index in [1.807, 2.05) is 12.2 Å². The van der Waals surface area contributed by atoms with E-state index in [2.05, 4.69) is 66.6 Å². The van der Waals surface area contributed by atoms with Crippen LogP contribution in [0.25, 0.3) is 6.20 Å². The standard InChI is InChI=1S/C16H22N2/c1-3-11-16(4-2)15-10-9-14-18(15)13-8-6-5-7-12-17-16/h5-10,12-14,17H,3-4,11H2,1-2H3/b6-5-,12-7+,13-8+. The summed E-state index contributed by atoms with van der Waals surface area (Å²) in [6.45, 7) is 4.49. The van der Waals surface area contributed by atoms with Crippen LogP contribution in [0.5, 0.6) is 0 Å². The first-order valence-electron chi connectivity index (χ1n) is 6.77. The Hall–Kier alpha value is -1.70. The highest BCUT2D eigenvalue weighted by molar-refractivity contribution is 5.36. The third kappa shape index (κ3) is 2.42. The molecular weight excluding hydrogens is 220 g/mol. The summed E-state index contributed by atoms with van der Waals surface area (Å²) in [6.07, 6.45) is 17.9. The van der Waals surface area contributed by atoms with Gasteiger partial charge in [0.05, 0.1) is 5.54 Å². The Bertz CT molecular complexity index is 465. The van der Waals surface area contributed by atoms with Crippen molar-refractivity contribution in [2.45, 2.75) is 38.6 Å². The molecule has 1 aliphatic rings. The highest BCUT2D eigenvalue weighted by atomic mass is 15.0. The molecule has 0 amide bonds. The molecule has 0 fully saturated rings. The summed E-state index contributed by atoms with van der Waals surface area (Å²) >= 11 is 0. The van der Waals surface area contributed by atoms with Crippen molar-refractivity contribution in [2.24, 2.45) is 0 Å². The molecule has 2 heteroatoms. The van der Waals surface area contributed by atoms with E-state index in [4.69, 9.17) is 0 Å². The normalized spacial score (nSPS) is 27.9. The number of rotatable bonds is 3. The number of nitrogens with one attached hydrogen (secondary N) is 1. The molecule has 1 atom stereocenters. The molecule has 0 radical (unpaired) electrons. The molecule has 0 aromatic carbocycles. The molecule has 1 aromatic rings. The third-order valence-electron chi connectivity index (χ3n) is 3.59. The van der Waals surface area contributed by atoms with Crippen molar-refractivity contribution in [2.75, 3.05) is 0 Å². The Morgan fingerprint density at radius 1 is 1.17 bits per heavy atom. The molecule has 96 valence electrons. The zero-order chi connectivity index (χ0) is 12.8. The van der Waals surface area contributed by atoms with Crippen LogP contribution in [0.1, 0.15) is 38.8 Å². The van der Waals surface area contributed by atoms with E-state index in [0.29, 0.717) is 0 Å². The number of allylic oxidation sites excluding steroid dienone is 4. The Morgan fingerprint density at radius 2 is 2.00 bits per heavy atom. The van der Waals surface area contributed by atoms with Gasteiger partial charge in [0, 0.05) is 18.1 Å². The highest BCUT2D eigenvalue weighted by Gasteiger charge is 2.30. The number of fused-ring (bicyclic) bond motifs is 1. The van der Waals surface area contributed by atoms with E-state index < -0.39 is 0 Å². The molecule has 0 spiro atoms. The lowest BCUT2D eigenvalue weighted by molar-refractivity contribution is 0.319. The van der Waals surface area contributed by atoms with Crippen LogP contribution < -0.4 is 5.32 Å². The van der Waals surface area contributed by atoms with Gasteiger partial charge >= 0.3 is 0 Å². The fraction of sp³-hybridized carbons (Fsp3) is 0.375.